The van der Waals surface area contributed by atoms with Crippen molar-refractivity contribution in [3.63, 3.8) is 0 Å². The second kappa shape index (κ2) is 17.5. The molecule has 0 bridgehead atoms. The maximum absolute atomic E-state index is 9.07. The Kier molecular flexibility index (Phi) is 8.40. The second-order valence-electron chi connectivity index (χ2n) is 15.4. The van der Waals surface area contributed by atoms with Gasteiger partial charge in [-0.1, -0.05) is 108 Å². The molecule has 0 N–H and O–H groups in total. The van der Waals surface area contributed by atoms with Gasteiger partial charge in [-0.25, -0.2) is 4.98 Å². The van der Waals surface area contributed by atoms with Crippen molar-refractivity contribution in [2.45, 2.75) is 38.5 Å². The first-order valence-corrected chi connectivity index (χ1v) is 20.9. The first-order valence-electron chi connectivity index (χ1n) is 25.9. The van der Waals surface area contributed by atoms with E-state index in [9.17, 15) is 0 Å². The Hall–Kier alpha value is -6.43. The zero-order valence-corrected chi connectivity index (χ0v) is 36.0. The minimum absolute atomic E-state index is 0. The van der Waals surface area contributed by atoms with Crippen molar-refractivity contribution in [1.82, 2.24) is 14.1 Å². The molecule has 5 heterocycles. The number of ether oxygens (including phenoxy) is 1. The third kappa shape index (κ3) is 7.60. The van der Waals surface area contributed by atoms with E-state index < -0.39 is 60.4 Å². The predicted molar refractivity (Wildman–Crippen MR) is 245 cm³/mol. The van der Waals surface area contributed by atoms with Crippen molar-refractivity contribution in [3.05, 3.63) is 176 Å². The molecule has 2 fully saturated rings. The molecule has 3 aromatic heterocycles. The minimum Gasteiger partial charge on any atom is -0.510 e. The van der Waals surface area contributed by atoms with Gasteiger partial charge >= 0.3 is 0 Å². The van der Waals surface area contributed by atoms with Gasteiger partial charge in [0.25, 0.3) is 0 Å². The molecule has 2 saturated heterocycles. The molecule has 2 aliphatic rings. The molecule has 0 spiro atoms. The number of fused-ring (bicyclic) bond motifs is 3. The molecule has 7 nitrogen and oxygen atoms in total. The Morgan fingerprint density at radius 2 is 1.29 bits per heavy atom. The van der Waals surface area contributed by atoms with Crippen molar-refractivity contribution in [3.8, 4) is 50.9 Å². The van der Waals surface area contributed by atoms with E-state index in [2.05, 4.69) is 57.1 Å². The van der Waals surface area contributed by atoms with E-state index in [4.69, 9.17) is 23.4 Å². The van der Waals surface area contributed by atoms with Gasteiger partial charge in [-0.05, 0) is 78.3 Å². The number of anilines is 2. The molecule has 0 radical (unpaired) electrons. The van der Waals surface area contributed by atoms with Crippen LogP contribution in [0.5, 0.6) is 11.5 Å². The summed E-state index contributed by atoms with van der Waals surface area (Å²) in [4.78, 5) is 9.44. The molecule has 62 heavy (non-hydrogen) atoms. The van der Waals surface area contributed by atoms with Crippen LogP contribution in [-0.2, 0) is 21.1 Å². The van der Waals surface area contributed by atoms with Gasteiger partial charge in [0.05, 0.1) is 32.5 Å². The van der Waals surface area contributed by atoms with E-state index in [1.54, 1.807) is 33.4 Å². The molecule has 8 heteroatoms. The molecule has 0 amide bonds. The van der Waals surface area contributed by atoms with Crippen molar-refractivity contribution < 1.29 is 44.1 Å². The first-order chi connectivity index (χ1) is 34.4. The molecule has 6 aromatic carbocycles. The summed E-state index contributed by atoms with van der Waals surface area (Å²) in [6.45, 7) is 3.35. The fourth-order valence-electron chi connectivity index (χ4n) is 8.76. The molecule has 0 unspecified atom stereocenters. The third-order valence-corrected chi connectivity index (χ3v) is 11.6. The van der Waals surface area contributed by atoms with E-state index in [1.807, 2.05) is 48.8 Å². The summed E-state index contributed by atoms with van der Waals surface area (Å²) in [6, 6.07) is 28.6. The standard InChI is InChI=1S/C54H46N6O.Pt/c1-5-17-40(18-6-1)46-24-16-25-47(41-19-7-2-8-20-41)54(46)59-39-58(38-53(59)57-33-13-4-14-34-57)42-21-15-22-44(35-42)61-45-27-28-49-48-23-9-10-26-50(48)60(51(49)37-45)52-36-43(29-30-55-52)56-31-11-3-12-32-56;/h1-2,5-10,15-30,36,38H,3-4,11-14,31-34H2;/q-2;/i1D,2D,5D,6D,7D,8D,17D,18D,19D,20D;. The zero-order chi connectivity index (χ0) is 49.2. The molecule has 310 valence electrons. The average Bonchev–Trinajstić information content (AvgIpc) is 3.99. The van der Waals surface area contributed by atoms with Crippen LogP contribution >= 0.6 is 0 Å². The summed E-state index contributed by atoms with van der Waals surface area (Å²) >= 11 is 0. The van der Waals surface area contributed by atoms with Crippen LogP contribution in [0.4, 0.5) is 11.5 Å². The SMILES string of the molecule is [2H]c1c([2H])c([2H])c(-c2cccc(-c3c([2H])c([2H])c([2H])c([2H])c3[2H])c2-[n+]2[c-]n(-c3[c-]c(Oc4[c-]c5c(cc4)c4ccccc4n5-c4cc(N5CCCCC5)ccn4)ccc3)cc2N2CCCCC2)c([2H])c1[2H].[Pt]. The summed E-state index contributed by atoms with van der Waals surface area (Å²) in [5, 5.41) is 2.06. The van der Waals surface area contributed by atoms with Crippen molar-refractivity contribution in [2.24, 2.45) is 0 Å². The fourth-order valence-corrected chi connectivity index (χ4v) is 8.76. The average molecular weight is 1000 g/mol. The van der Waals surface area contributed by atoms with E-state index >= 15 is 0 Å². The smallest absolute Gasteiger partial charge is 0.196 e. The van der Waals surface area contributed by atoms with Gasteiger partial charge in [0.2, 0.25) is 0 Å². The molecule has 0 atom stereocenters. The van der Waals surface area contributed by atoms with Crippen molar-refractivity contribution in [2.75, 3.05) is 36.0 Å². The molecule has 0 saturated carbocycles. The molecular weight excluding hydrogens is 944 g/mol. The minimum atomic E-state index is -0.556. The van der Waals surface area contributed by atoms with Crippen LogP contribution in [0.1, 0.15) is 52.2 Å². The fraction of sp³-hybridized carbons (Fsp3) is 0.185. The largest absolute Gasteiger partial charge is 0.510 e. The summed E-state index contributed by atoms with van der Waals surface area (Å²) in [5.74, 6) is 2.24. The molecule has 2 aliphatic heterocycles. The number of benzene rings is 6. The van der Waals surface area contributed by atoms with Gasteiger partial charge in [0, 0.05) is 75.3 Å². The molecule has 11 rings (SSSR count). The first kappa shape index (κ1) is 29.8. The number of imidazole rings is 1. The van der Waals surface area contributed by atoms with Gasteiger partial charge in [-0.15, -0.1) is 29.7 Å². The Balaban J connectivity index is 0.00000596. The summed E-state index contributed by atoms with van der Waals surface area (Å²) in [7, 11) is 0. The van der Waals surface area contributed by atoms with E-state index in [0.717, 1.165) is 78.5 Å². The number of rotatable bonds is 9. The van der Waals surface area contributed by atoms with Crippen LogP contribution in [0.25, 0.3) is 61.3 Å². The van der Waals surface area contributed by atoms with Crippen LogP contribution in [-0.4, -0.2) is 40.3 Å². The van der Waals surface area contributed by atoms with E-state index in [-0.39, 0.29) is 49.0 Å². The van der Waals surface area contributed by atoms with Crippen LogP contribution in [0.15, 0.2) is 158 Å². The van der Waals surface area contributed by atoms with Gasteiger partial charge in [-0.3, -0.25) is 0 Å². The maximum atomic E-state index is 9.07. The van der Waals surface area contributed by atoms with E-state index in [1.165, 1.54) is 6.42 Å². The maximum Gasteiger partial charge on any atom is 0.196 e. The van der Waals surface area contributed by atoms with Gasteiger partial charge < -0.3 is 28.2 Å². The number of piperidine rings is 2. The Morgan fingerprint density at radius 1 is 0.629 bits per heavy atom. The Morgan fingerprint density at radius 3 is 2.02 bits per heavy atom. The monoisotopic (exact) mass is 999 g/mol. The third-order valence-electron chi connectivity index (χ3n) is 11.6. The predicted octanol–water partition coefficient (Wildman–Crippen LogP) is 11.8. The van der Waals surface area contributed by atoms with Gasteiger partial charge in [0.15, 0.2) is 12.1 Å². The number of para-hydroxylation sites is 2. The number of aromatic nitrogens is 4. The van der Waals surface area contributed by atoms with Crippen LogP contribution < -0.4 is 19.1 Å². The summed E-state index contributed by atoms with van der Waals surface area (Å²) < 4.78 is 99.6. The number of hydrogen-bond donors (Lipinski definition) is 0. The quantitative estimate of drug-likeness (QED) is 0.107. The Labute approximate surface area is 391 Å². The number of nitrogens with zero attached hydrogens (tertiary/aromatic N) is 6. The molecule has 9 aromatic rings. The van der Waals surface area contributed by atoms with Crippen LogP contribution in [0.3, 0.4) is 0 Å². The summed E-state index contributed by atoms with van der Waals surface area (Å²) in [5.41, 5.74) is 3.81. The molecular formula is C54H46N6OPt-2. The van der Waals surface area contributed by atoms with Gasteiger partial charge in [0.1, 0.15) is 5.82 Å². The van der Waals surface area contributed by atoms with Crippen molar-refractivity contribution >= 4 is 33.3 Å². The normalized spacial score (nSPS) is 16.5. The second-order valence-corrected chi connectivity index (χ2v) is 15.4. The zero-order valence-electron chi connectivity index (χ0n) is 43.7. The number of hydrogen-bond acceptors (Lipinski definition) is 4. The van der Waals surface area contributed by atoms with Crippen LogP contribution in [0.2, 0.25) is 0 Å². The van der Waals surface area contributed by atoms with Crippen LogP contribution in [0, 0.1) is 18.5 Å². The summed E-state index contributed by atoms with van der Waals surface area (Å²) in [6.07, 6.45) is 13.5. The number of pyridine rings is 1. The Bertz CT molecular complexity index is 3440. The van der Waals surface area contributed by atoms with E-state index in [0.29, 0.717) is 36.1 Å². The topological polar surface area (TPSA) is 42.3 Å². The van der Waals surface area contributed by atoms with Crippen molar-refractivity contribution in [1.29, 1.82) is 0 Å². The van der Waals surface area contributed by atoms with Gasteiger partial charge in [-0.2, -0.15) is 18.2 Å². The molecule has 0 aliphatic carbocycles.